The first-order valence-corrected chi connectivity index (χ1v) is 13.5. The van der Waals surface area contributed by atoms with Gasteiger partial charge in [-0.3, -0.25) is 10.2 Å². The Morgan fingerprint density at radius 1 is 1.22 bits per heavy atom. The fourth-order valence-corrected chi connectivity index (χ4v) is 5.86. The largest absolute Gasteiger partial charge is 0.490 e. The molecule has 37 heavy (non-hydrogen) atoms. The molecule has 0 atom stereocenters. The molecule has 1 fully saturated rings. The van der Waals surface area contributed by atoms with Crippen LogP contribution < -0.4 is 9.47 Å². The van der Waals surface area contributed by atoms with Crippen LogP contribution in [0.1, 0.15) is 50.2 Å². The summed E-state index contributed by atoms with van der Waals surface area (Å²) < 4.78 is 25.6. The van der Waals surface area contributed by atoms with E-state index in [9.17, 15) is 9.18 Å². The molecular formula is C27H26ClFN4O3S. The van der Waals surface area contributed by atoms with Crippen LogP contribution in [0.5, 0.6) is 11.5 Å². The van der Waals surface area contributed by atoms with Gasteiger partial charge < -0.3 is 9.47 Å². The summed E-state index contributed by atoms with van der Waals surface area (Å²) in [5.41, 5.74) is 1.04. The second-order valence-electron chi connectivity index (χ2n) is 8.94. The molecule has 5 rings (SSSR count). The number of hydrogen-bond donors (Lipinski definition) is 1. The number of carbonyl (C=O) groups is 1. The third-order valence-electron chi connectivity index (χ3n) is 6.40. The second kappa shape index (κ2) is 11.1. The molecule has 2 aromatic carbocycles. The molecule has 1 saturated carbocycles. The molecule has 2 heterocycles. The topological polar surface area (TPSA) is 87.3 Å². The van der Waals surface area contributed by atoms with Gasteiger partial charge in [0.15, 0.2) is 17.3 Å². The zero-order valence-corrected chi connectivity index (χ0v) is 21.9. The first-order valence-electron chi connectivity index (χ1n) is 12.3. The van der Waals surface area contributed by atoms with E-state index in [4.69, 9.17) is 26.5 Å². The molecule has 192 valence electrons. The van der Waals surface area contributed by atoms with Gasteiger partial charge in [0.25, 0.3) is 5.91 Å². The highest BCUT2D eigenvalue weighted by molar-refractivity contribution is 8.27. The van der Waals surface area contributed by atoms with Crippen molar-refractivity contribution in [2.24, 2.45) is 16.0 Å². The zero-order chi connectivity index (χ0) is 25.9. The van der Waals surface area contributed by atoms with Crippen LogP contribution in [-0.4, -0.2) is 33.6 Å². The third kappa shape index (κ3) is 5.43. The summed E-state index contributed by atoms with van der Waals surface area (Å²) in [5.74, 6) is 0.0805. The molecule has 10 heteroatoms. The minimum absolute atomic E-state index is 0.0257. The predicted molar refractivity (Wildman–Crippen MR) is 145 cm³/mol. The highest BCUT2D eigenvalue weighted by Gasteiger charge is 2.38. The molecule has 0 bridgehead atoms. The zero-order valence-electron chi connectivity index (χ0n) is 20.3. The maximum Gasteiger partial charge on any atom is 0.283 e. The van der Waals surface area contributed by atoms with Gasteiger partial charge in [-0.25, -0.2) is 4.39 Å². The normalized spacial score (nSPS) is 19.1. The van der Waals surface area contributed by atoms with Crippen molar-refractivity contribution < 1.29 is 18.7 Å². The van der Waals surface area contributed by atoms with Gasteiger partial charge in [-0.05, 0) is 61.4 Å². The Hall–Kier alpha value is -3.17. The number of amides is 1. The van der Waals surface area contributed by atoms with E-state index in [0.717, 1.165) is 17.9 Å². The second-order valence-corrected chi connectivity index (χ2v) is 10.3. The number of halogens is 2. The van der Waals surface area contributed by atoms with Crippen molar-refractivity contribution in [2.45, 2.75) is 45.6 Å². The number of nitrogens with zero attached hydrogens (tertiary/aromatic N) is 3. The number of carbonyl (C=O) groups excluding carboxylic acids is 1. The first-order chi connectivity index (χ1) is 17.9. The Kier molecular flexibility index (Phi) is 7.62. The van der Waals surface area contributed by atoms with E-state index in [1.54, 1.807) is 36.4 Å². The molecule has 1 amide bonds. The Morgan fingerprint density at radius 3 is 2.76 bits per heavy atom. The highest BCUT2D eigenvalue weighted by Crippen LogP contribution is 2.39. The fraction of sp³-hybridized carbons (Fsp3) is 0.333. The van der Waals surface area contributed by atoms with E-state index >= 15 is 0 Å². The lowest BCUT2D eigenvalue weighted by atomic mass is 9.90. The van der Waals surface area contributed by atoms with E-state index in [0.29, 0.717) is 34.6 Å². The van der Waals surface area contributed by atoms with Crippen molar-refractivity contribution in [3.8, 4) is 11.5 Å². The first kappa shape index (κ1) is 25.5. The van der Waals surface area contributed by atoms with Gasteiger partial charge in [-0.1, -0.05) is 49.1 Å². The van der Waals surface area contributed by atoms with Gasteiger partial charge >= 0.3 is 0 Å². The quantitative estimate of drug-likeness (QED) is 0.397. The van der Waals surface area contributed by atoms with Gasteiger partial charge in [0.05, 0.1) is 17.2 Å². The molecule has 0 unspecified atom stereocenters. The number of amidine groups is 2. The van der Waals surface area contributed by atoms with Crippen LogP contribution in [0.4, 0.5) is 4.39 Å². The van der Waals surface area contributed by atoms with Crippen molar-refractivity contribution in [1.82, 2.24) is 5.01 Å². The minimum atomic E-state index is -0.502. The number of ether oxygens (including phenoxy) is 2. The molecule has 0 aromatic heterocycles. The van der Waals surface area contributed by atoms with E-state index in [2.05, 4.69) is 10.1 Å². The van der Waals surface area contributed by atoms with Crippen LogP contribution in [0.15, 0.2) is 52.1 Å². The summed E-state index contributed by atoms with van der Waals surface area (Å²) in [6.07, 6.45) is 7.27. The molecule has 0 spiro atoms. The van der Waals surface area contributed by atoms with Crippen molar-refractivity contribution in [3.63, 3.8) is 0 Å². The van der Waals surface area contributed by atoms with Crippen LogP contribution in [0, 0.1) is 17.1 Å². The lowest BCUT2D eigenvalue weighted by molar-refractivity contribution is -0.114. The number of rotatable bonds is 7. The fourth-order valence-electron chi connectivity index (χ4n) is 4.53. The van der Waals surface area contributed by atoms with Gasteiger partial charge in [0, 0.05) is 11.5 Å². The number of aliphatic imine (C=N–C) groups is 1. The summed E-state index contributed by atoms with van der Waals surface area (Å²) in [6, 6.07) is 9.63. The number of hydrazone groups is 1. The Morgan fingerprint density at radius 2 is 2.00 bits per heavy atom. The molecule has 1 aliphatic carbocycles. The standard InChI is InChI=1S/C27H26ClFN4O3S/c1-2-35-22-14-16(13-20(28)23(22)36-15-18-10-6-7-11-21(18)29)12-19-24(30)33-27(31-25(19)34)37-26(32-33)17-8-4-3-5-9-17/h6-7,10-14,17,30H,2-5,8-9,15H2,1H3/b19-12-,30-24?. The van der Waals surface area contributed by atoms with Gasteiger partial charge in [-0.15, -0.1) is 0 Å². The summed E-state index contributed by atoms with van der Waals surface area (Å²) in [6.45, 7) is 2.14. The Bertz CT molecular complexity index is 1340. The minimum Gasteiger partial charge on any atom is -0.490 e. The molecule has 2 aromatic rings. The van der Waals surface area contributed by atoms with Crippen molar-refractivity contribution in [1.29, 1.82) is 5.41 Å². The average molecular weight is 541 g/mol. The van der Waals surface area contributed by atoms with E-state index in [-0.39, 0.29) is 34.6 Å². The number of hydrogen-bond acceptors (Lipinski definition) is 6. The average Bonchev–Trinajstić information content (AvgIpc) is 3.32. The van der Waals surface area contributed by atoms with Crippen molar-refractivity contribution in [2.75, 3.05) is 6.61 Å². The maximum atomic E-state index is 14.0. The van der Waals surface area contributed by atoms with Crippen LogP contribution in [0.3, 0.4) is 0 Å². The van der Waals surface area contributed by atoms with E-state index in [1.807, 2.05) is 6.92 Å². The van der Waals surface area contributed by atoms with Crippen LogP contribution >= 0.6 is 23.4 Å². The number of fused-ring (bicyclic) bond motifs is 1. The lowest BCUT2D eigenvalue weighted by Crippen LogP contribution is -2.35. The molecule has 0 saturated heterocycles. The highest BCUT2D eigenvalue weighted by atomic mass is 35.5. The summed E-state index contributed by atoms with van der Waals surface area (Å²) in [7, 11) is 0. The number of benzene rings is 2. The number of nitrogens with one attached hydrogen (secondary N) is 1. The molecule has 2 aliphatic heterocycles. The van der Waals surface area contributed by atoms with Crippen LogP contribution in [0.2, 0.25) is 5.02 Å². The van der Waals surface area contributed by atoms with Crippen LogP contribution in [-0.2, 0) is 11.4 Å². The smallest absolute Gasteiger partial charge is 0.283 e. The van der Waals surface area contributed by atoms with Gasteiger partial charge in [-0.2, -0.15) is 15.1 Å². The molecule has 1 N–H and O–H groups in total. The number of thioether (sulfide) groups is 1. The summed E-state index contributed by atoms with van der Waals surface area (Å²) >= 11 is 7.92. The van der Waals surface area contributed by atoms with E-state index in [1.165, 1.54) is 42.1 Å². The van der Waals surface area contributed by atoms with Crippen molar-refractivity contribution >= 4 is 51.4 Å². The van der Waals surface area contributed by atoms with Gasteiger partial charge in [0.1, 0.15) is 17.5 Å². The Labute approximate surface area is 223 Å². The van der Waals surface area contributed by atoms with E-state index < -0.39 is 5.91 Å². The Balaban J connectivity index is 1.40. The molecule has 0 radical (unpaired) electrons. The summed E-state index contributed by atoms with van der Waals surface area (Å²) in [5, 5.41) is 16.4. The third-order valence-corrected chi connectivity index (χ3v) is 7.75. The van der Waals surface area contributed by atoms with Crippen molar-refractivity contribution in [3.05, 3.63) is 63.9 Å². The molecular weight excluding hydrogens is 515 g/mol. The summed E-state index contributed by atoms with van der Waals surface area (Å²) in [4.78, 5) is 17.1. The van der Waals surface area contributed by atoms with Crippen LogP contribution in [0.25, 0.3) is 6.08 Å². The molecule has 3 aliphatic rings. The lowest BCUT2D eigenvalue weighted by Gasteiger charge is -2.20. The maximum absolute atomic E-state index is 14.0. The SMILES string of the molecule is CCOc1cc(/C=C2/C(=N)N3N=C(C4CCCCC4)SC3=NC2=O)cc(Cl)c1OCc1ccccc1F. The molecule has 7 nitrogen and oxygen atoms in total. The predicted octanol–water partition coefficient (Wildman–Crippen LogP) is 6.66. The van der Waals surface area contributed by atoms with Gasteiger partial charge in [0.2, 0.25) is 5.17 Å². The monoisotopic (exact) mass is 540 g/mol.